The van der Waals surface area contributed by atoms with Gasteiger partial charge < -0.3 is 25.6 Å². The van der Waals surface area contributed by atoms with Crippen LogP contribution in [0.5, 0.6) is 0 Å². The average molecular weight is 518 g/mol. The number of anilines is 1. The van der Waals surface area contributed by atoms with Crippen molar-refractivity contribution in [3.8, 4) is 6.07 Å². The predicted molar refractivity (Wildman–Crippen MR) is 159 cm³/mol. The highest BCUT2D eigenvalue weighted by Crippen LogP contribution is 2.17. The smallest absolute Gasteiger partial charge is 0.271 e. The van der Waals surface area contributed by atoms with Gasteiger partial charge in [0.25, 0.3) is 5.56 Å². The second-order valence-corrected chi connectivity index (χ2v) is 8.60. The topological polar surface area (TPSA) is 122 Å². The molecule has 0 fully saturated rings. The van der Waals surface area contributed by atoms with E-state index in [4.69, 9.17) is 10.7 Å². The number of rotatable bonds is 12. The van der Waals surface area contributed by atoms with Crippen molar-refractivity contribution in [3.63, 3.8) is 0 Å². The van der Waals surface area contributed by atoms with Crippen LogP contribution in [-0.2, 0) is 13.5 Å². The standard InChI is InChI=1S/C24H31N5O.C4H6N2.C2H6/c1-3-18(2)13-21(16-26)22-14-23(24(30)29-17-22)28-11-4-10-27-12-9-19-5-7-20(15-25)8-6-19;1-6-3-2-5-4-6;1-2/h5-8,13-14,16-18,26-28H,3-4,9-12H2,1-2H3,(H,29,30);2-4H,1H3;1-2H3/b21-13+,26-16?;;/t18-;;/m1../s1. The van der Waals surface area contributed by atoms with Crippen molar-refractivity contribution < 1.29 is 0 Å². The van der Waals surface area contributed by atoms with Gasteiger partial charge in [0.2, 0.25) is 0 Å². The minimum atomic E-state index is -0.152. The highest BCUT2D eigenvalue weighted by molar-refractivity contribution is 6.08. The number of aromatic amines is 1. The molecule has 3 aromatic rings. The summed E-state index contributed by atoms with van der Waals surface area (Å²) < 4.78 is 1.89. The Balaban J connectivity index is 0.000000777. The molecule has 0 saturated heterocycles. The summed E-state index contributed by atoms with van der Waals surface area (Å²) in [4.78, 5) is 18.6. The summed E-state index contributed by atoms with van der Waals surface area (Å²) in [7, 11) is 1.94. The molecule has 38 heavy (non-hydrogen) atoms. The summed E-state index contributed by atoms with van der Waals surface area (Å²) in [5.74, 6) is 0.375. The Morgan fingerprint density at radius 2 is 1.97 bits per heavy atom. The molecule has 8 nitrogen and oxygen atoms in total. The molecule has 0 unspecified atom stereocenters. The van der Waals surface area contributed by atoms with Gasteiger partial charge in [-0.3, -0.25) is 4.79 Å². The maximum absolute atomic E-state index is 12.1. The van der Waals surface area contributed by atoms with E-state index in [1.165, 1.54) is 11.8 Å². The number of hydrogen-bond acceptors (Lipinski definition) is 6. The number of hydrogen-bond donors (Lipinski definition) is 4. The van der Waals surface area contributed by atoms with Crippen LogP contribution in [0.2, 0.25) is 0 Å². The fourth-order valence-electron chi connectivity index (χ4n) is 3.30. The van der Waals surface area contributed by atoms with Gasteiger partial charge in [-0.05, 0) is 61.2 Å². The Bertz CT molecular complexity index is 1170. The number of nitrogens with zero attached hydrogens (tertiary/aromatic N) is 3. The number of H-pyrrole nitrogens is 1. The first kappa shape index (κ1) is 32.1. The number of benzene rings is 1. The number of nitrogens with one attached hydrogen (secondary N) is 4. The van der Waals surface area contributed by atoms with Crippen LogP contribution in [-0.4, -0.2) is 40.4 Å². The lowest BCUT2D eigenvalue weighted by atomic mass is 10.0. The third kappa shape index (κ3) is 12.3. The fourth-order valence-corrected chi connectivity index (χ4v) is 3.30. The Labute approximate surface area is 227 Å². The maximum Gasteiger partial charge on any atom is 0.271 e. The molecular weight excluding hydrogens is 474 g/mol. The van der Waals surface area contributed by atoms with E-state index in [9.17, 15) is 4.79 Å². The lowest BCUT2D eigenvalue weighted by Crippen LogP contribution is -2.22. The normalized spacial score (nSPS) is 11.2. The zero-order chi connectivity index (χ0) is 28.2. The summed E-state index contributed by atoms with van der Waals surface area (Å²) in [6.45, 7) is 10.6. The molecule has 8 heteroatoms. The summed E-state index contributed by atoms with van der Waals surface area (Å²) in [6.07, 6.45) is 13.2. The highest BCUT2D eigenvalue weighted by atomic mass is 16.1. The van der Waals surface area contributed by atoms with Gasteiger partial charge in [0.1, 0.15) is 5.69 Å². The molecule has 0 amide bonds. The van der Waals surface area contributed by atoms with E-state index >= 15 is 0 Å². The number of pyridine rings is 1. The third-order valence-corrected chi connectivity index (χ3v) is 5.66. The lowest BCUT2D eigenvalue weighted by molar-refractivity contribution is 0.660. The first-order valence-corrected chi connectivity index (χ1v) is 13.3. The maximum atomic E-state index is 12.1. The molecule has 204 valence electrons. The quantitative estimate of drug-likeness (QED) is 0.189. The molecule has 0 radical (unpaired) electrons. The van der Waals surface area contributed by atoms with Crippen LogP contribution in [0.3, 0.4) is 0 Å². The van der Waals surface area contributed by atoms with E-state index in [1.807, 2.05) is 62.0 Å². The highest BCUT2D eigenvalue weighted by Gasteiger charge is 2.06. The number of imidazole rings is 1. The number of nitriles is 1. The molecule has 0 saturated carbocycles. The largest absolute Gasteiger partial charge is 0.381 e. The SMILES string of the molecule is CC.CC[C@@H](C)/C=C(\C=N)c1c[nH]c(=O)c(NCCCNCCc2ccc(C#N)cc2)c1.Cn1ccnc1. The molecule has 0 aliphatic carbocycles. The van der Waals surface area contributed by atoms with Gasteiger partial charge in [-0.1, -0.05) is 52.3 Å². The minimum Gasteiger partial charge on any atom is -0.381 e. The minimum absolute atomic E-state index is 0.152. The van der Waals surface area contributed by atoms with E-state index in [0.29, 0.717) is 23.7 Å². The fraction of sp³-hybridized carbons (Fsp3) is 0.400. The van der Waals surface area contributed by atoms with Crippen LogP contribution in [0.15, 0.2) is 66.1 Å². The van der Waals surface area contributed by atoms with Gasteiger partial charge in [0.05, 0.1) is 18.0 Å². The summed E-state index contributed by atoms with van der Waals surface area (Å²) in [6, 6.07) is 11.6. The summed E-state index contributed by atoms with van der Waals surface area (Å²) >= 11 is 0. The van der Waals surface area contributed by atoms with Crippen LogP contribution in [0.1, 0.15) is 57.2 Å². The number of aryl methyl sites for hydroxylation is 1. The molecule has 2 heterocycles. The van der Waals surface area contributed by atoms with Gasteiger partial charge >= 0.3 is 0 Å². The zero-order valence-electron chi connectivity index (χ0n) is 23.4. The number of aromatic nitrogens is 3. The van der Waals surface area contributed by atoms with Gasteiger partial charge in [0, 0.05) is 44.0 Å². The molecule has 0 aliphatic rings. The molecule has 2 aromatic heterocycles. The Morgan fingerprint density at radius 1 is 1.24 bits per heavy atom. The molecule has 1 aromatic carbocycles. The number of allylic oxidation sites excluding steroid dienone is 2. The molecule has 1 atom stereocenters. The van der Waals surface area contributed by atoms with E-state index < -0.39 is 0 Å². The Hall–Kier alpha value is -3.96. The molecule has 0 spiro atoms. The molecule has 0 bridgehead atoms. The second kappa shape index (κ2) is 19.2. The van der Waals surface area contributed by atoms with Gasteiger partial charge in [0.15, 0.2) is 0 Å². The van der Waals surface area contributed by atoms with Crippen molar-refractivity contribution in [1.82, 2.24) is 19.9 Å². The predicted octanol–water partition coefficient (Wildman–Crippen LogP) is 5.41. The van der Waals surface area contributed by atoms with Gasteiger partial charge in [-0.2, -0.15) is 5.26 Å². The summed E-state index contributed by atoms with van der Waals surface area (Å²) in [5.41, 5.74) is 3.92. The lowest BCUT2D eigenvalue weighted by Gasteiger charge is -2.10. The first-order chi connectivity index (χ1) is 18.5. The zero-order valence-corrected chi connectivity index (χ0v) is 23.4. The van der Waals surface area contributed by atoms with Crippen molar-refractivity contribution in [3.05, 3.63) is 88.4 Å². The van der Waals surface area contributed by atoms with Crippen molar-refractivity contribution >= 4 is 17.5 Å². The monoisotopic (exact) mass is 517 g/mol. The van der Waals surface area contributed by atoms with E-state index in [2.05, 4.69) is 46.6 Å². The molecular formula is C30H43N7O. The van der Waals surface area contributed by atoms with Crippen molar-refractivity contribution in [2.75, 3.05) is 25.0 Å². The van der Waals surface area contributed by atoms with Crippen molar-refractivity contribution in [2.24, 2.45) is 13.0 Å². The van der Waals surface area contributed by atoms with Gasteiger partial charge in [-0.25, -0.2) is 4.98 Å². The van der Waals surface area contributed by atoms with E-state index in [0.717, 1.165) is 43.5 Å². The van der Waals surface area contributed by atoms with E-state index in [-0.39, 0.29) is 5.56 Å². The third-order valence-electron chi connectivity index (χ3n) is 5.66. The Morgan fingerprint density at radius 3 is 2.53 bits per heavy atom. The van der Waals surface area contributed by atoms with Crippen LogP contribution >= 0.6 is 0 Å². The van der Waals surface area contributed by atoms with Gasteiger partial charge in [-0.15, -0.1) is 0 Å². The summed E-state index contributed by atoms with van der Waals surface area (Å²) in [5, 5.41) is 23.1. The van der Waals surface area contributed by atoms with Crippen molar-refractivity contribution in [1.29, 1.82) is 10.7 Å². The van der Waals surface area contributed by atoms with Crippen LogP contribution in [0.4, 0.5) is 5.69 Å². The van der Waals surface area contributed by atoms with Crippen LogP contribution in [0.25, 0.3) is 5.57 Å². The molecule has 0 aliphatic heterocycles. The molecule has 3 rings (SSSR count). The van der Waals surface area contributed by atoms with Crippen molar-refractivity contribution in [2.45, 2.75) is 47.0 Å². The Kier molecular flexibility index (Phi) is 16.2. The average Bonchev–Trinajstić information content (AvgIpc) is 3.44. The molecule has 4 N–H and O–H groups in total. The second-order valence-electron chi connectivity index (χ2n) is 8.60. The van der Waals surface area contributed by atoms with Crippen LogP contribution in [0, 0.1) is 22.7 Å². The van der Waals surface area contributed by atoms with Crippen LogP contribution < -0.4 is 16.2 Å². The van der Waals surface area contributed by atoms with E-state index in [1.54, 1.807) is 18.7 Å². The first-order valence-electron chi connectivity index (χ1n) is 13.3.